The minimum atomic E-state index is -3.67. The number of halogens is 1. The molecule has 0 aliphatic rings. The number of hydrogen-bond donors (Lipinski definition) is 2. The van der Waals surface area contributed by atoms with Crippen LogP contribution in [0.3, 0.4) is 0 Å². The summed E-state index contributed by atoms with van der Waals surface area (Å²) in [5, 5.41) is 6.79. The number of carbonyl (C=O) groups is 1. The van der Waals surface area contributed by atoms with Gasteiger partial charge in [-0.05, 0) is 31.5 Å². The lowest BCUT2D eigenvalue weighted by atomic mass is 10.1. The molecule has 7 nitrogen and oxygen atoms in total. The Hall–Kier alpha value is -1.90. The molecule has 0 aliphatic heterocycles. The van der Waals surface area contributed by atoms with E-state index in [1.54, 1.807) is 19.1 Å². The standard InChI is InChI=1S/C15H18ClN3O4S/c1-3-13-14(10(2)23-19-13)15(20)17-7-8-18-24(21,22)12-6-4-5-11(16)9-12/h4-6,9,18H,3,7-8H2,1-2H3,(H,17,20). The fourth-order valence-electron chi connectivity index (χ4n) is 2.12. The first-order valence-corrected chi connectivity index (χ1v) is 9.20. The molecule has 0 spiro atoms. The molecule has 0 saturated heterocycles. The molecule has 24 heavy (non-hydrogen) atoms. The highest BCUT2D eigenvalue weighted by molar-refractivity contribution is 7.89. The molecular weight excluding hydrogens is 354 g/mol. The van der Waals surface area contributed by atoms with E-state index in [2.05, 4.69) is 15.2 Å². The van der Waals surface area contributed by atoms with Crippen LogP contribution in [-0.2, 0) is 16.4 Å². The van der Waals surface area contributed by atoms with Crippen LogP contribution in [0, 0.1) is 6.92 Å². The van der Waals surface area contributed by atoms with Crippen molar-refractivity contribution >= 4 is 27.5 Å². The zero-order valence-corrected chi connectivity index (χ0v) is 14.9. The van der Waals surface area contributed by atoms with E-state index in [9.17, 15) is 13.2 Å². The monoisotopic (exact) mass is 371 g/mol. The van der Waals surface area contributed by atoms with Crippen LogP contribution >= 0.6 is 11.6 Å². The second-order valence-corrected chi connectivity index (χ2v) is 7.23. The van der Waals surface area contributed by atoms with Crippen molar-refractivity contribution in [2.75, 3.05) is 13.1 Å². The van der Waals surface area contributed by atoms with Gasteiger partial charge < -0.3 is 9.84 Å². The number of sulfonamides is 1. The Kier molecular flexibility index (Phi) is 5.98. The van der Waals surface area contributed by atoms with Gasteiger partial charge in [0.25, 0.3) is 5.91 Å². The van der Waals surface area contributed by atoms with E-state index in [4.69, 9.17) is 16.1 Å². The van der Waals surface area contributed by atoms with Gasteiger partial charge >= 0.3 is 0 Å². The Labute approximate surface area is 145 Å². The molecule has 1 amide bonds. The molecule has 130 valence electrons. The lowest BCUT2D eigenvalue weighted by Crippen LogP contribution is -2.35. The van der Waals surface area contributed by atoms with Gasteiger partial charge in [0.15, 0.2) is 0 Å². The molecule has 1 aromatic carbocycles. The van der Waals surface area contributed by atoms with Crippen LogP contribution in [0.15, 0.2) is 33.7 Å². The maximum atomic E-state index is 12.1. The maximum Gasteiger partial charge on any atom is 0.256 e. The third-order valence-corrected chi connectivity index (χ3v) is 5.00. The summed E-state index contributed by atoms with van der Waals surface area (Å²) in [6.45, 7) is 3.70. The number of nitrogens with zero attached hydrogens (tertiary/aromatic N) is 1. The average Bonchev–Trinajstić information content (AvgIpc) is 2.92. The second-order valence-electron chi connectivity index (χ2n) is 5.03. The van der Waals surface area contributed by atoms with Gasteiger partial charge in [-0.3, -0.25) is 4.79 Å². The molecule has 0 aliphatic carbocycles. The van der Waals surface area contributed by atoms with Crippen LogP contribution in [-0.4, -0.2) is 32.6 Å². The van der Waals surface area contributed by atoms with Crippen LogP contribution in [0.25, 0.3) is 0 Å². The molecule has 9 heteroatoms. The maximum absolute atomic E-state index is 12.1. The molecule has 1 aromatic heterocycles. The Balaban J connectivity index is 1.91. The fraction of sp³-hybridized carbons (Fsp3) is 0.333. The number of aromatic nitrogens is 1. The van der Waals surface area contributed by atoms with E-state index in [0.717, 1.165) is 0 Å². The highest BCUT2D eigenvalue weighted by atomic mass is 35.5. The van der Waals surface area contributed by atoms with E-state index in [1.807, 2.05) is 6.92 Å². The number of hydrogen-bond acceptors (Lipinski definition) is 5. The first-order valence-electron chi connectivity index (χ1n) is 7.33. The van der Waals surface area contributed by atoms with Gasteiger partial charge in [0.05, 0.1) is 10.6 Å². The van der Waals surface area contributed by atoms with Gasteiger partial charge in [-0.25, -0.2) is 13.1 Å². The zero-order valence-electron chi connectivity index (χ0n) is 13.3. The summed E-state index contributed by atoms with van der Waals surface area (Å²) in [6, 6.07) is 5.95. The number of amides is 1. The van der Waals surface area contributed by atoms with Crippen molar-refractivity contribution in [3.63, 3.8) is 0 Å². The van der Waals surface area contributed by atoms with Crippen molar-refractivity contribution in [1.29, 1.82) is 0 Å². The minimum Gasteiger partial charge on any atom is -0.361 e. The van der Waals surface area contributed by atoms with Crippen molar-refractivity contribution < 1.29 is 17.7 Å². The number of aryl methyl sites for hydroxylation is 2. The third-order valence-electron chi connectivity index (χ3n) is 3.30. The van der Waals surface area contributed by atoms with E-state index >= 15 is 0 Å². The van der Waals surface area contributed by atoms with Crippen molar-refractivity contribution in [2.45, 2.75) is 25.2 Å². The summed E-state index contributed by atoms with van der Waals surface area (Å²) >= 11 is 5.79. The molecule has 0 unspecified atom stereocenters. The van der Waals surface area contributed by atoms with Crippen LogP contribution in [0.2, 0.25) is 5.02 Å². The first kappa shape index (κ1) is 18.4. The normalized spacial score (nSPS) is 11.5. The lowest BCUT2D eigenvalue weighted by Gasteiger charge is -2.08. The number of rotatable bonds is 7. The summed E-state index contributed by atoms with van der Waals surface area (Å²) in [5.74, 6) is 0.0939. The van der Waals surface area contributed by atoms with Crippen molar-refractivity contribution in [3.8, 4) is 0 Å². The molecule has 2 aromatic rings. The second kappa shape index (κ2) is 7.78. The SMILES string of the molecule is CCc1noc(C)c1C(=O)NCCNS(=O)(=O)c1cccc(Cl)c1. The quantitative estimate of drug-likeness (QED) is 0.724. The molecule has 2 N–H and O–H groups in total. The van der Waals surface area contributed by atoms with E-state index in [1.165, 1.54) is 12.1 Å². The van der Waals surface area contributed by atoms with Crippen molar-refractivity contribution in [1.82, 2.24) is 15.2 Å². The van der Waals surface area contributed by atoms with E-state index in [-0.39, 0.29) is 23.9 Å². The summed E-state index contributed by atoms with van der Waals surface area (Å²) in [6.07, 6.45) is 0.571. The average molecular weight is 372 g/mol. The number of benzene rings is 1. The molecule has 2 rings (SSSR count). The molecule has 0 bridgehead atoms. The van der Waals surface area contributed by atoms with Crippen molar-refractivity contribution in [2.24, 2.45) is 0 Å². The number of carbonyl (C=O) groups excluding carboxylic acids is 1. The van der Waals surface area contributed by atoms with Gasteiger partial charge in [-0.1, -0.05) is 29.7 Å². The highest BCUT2D eigenvalue weighted by Gasteiger charge is 2.19. The summed E-state index contributed by atoms with van der Waals surface area (Å²) < 4.78 is 31.6. The summed E-state index contributed by atoms with van der Waals surface area (Å²) in [7, 11) is -3.67. The van der Waals surface area contributed by atoms with Gasteiger partial charge in [-0.2, -0.15) is 0 Å². The largest absolute Gasteiger partial charge is 0.361 e. The van der Waals surface area contributed by atoms with Gasteiger partial charge in [0, 0.05) is 18.1 Å². The molecule has 0 atom stereocenters. The fourth-order valence-corrected chi connectivity index (χ4v) is 3.45. The Morgan fingerprint density at radius 2 is 2.08 bits per heavy atom. The number of nitrogens with one attached hydrogen (secondary N) is 2. The molecule has 0 saturated carbocycles. The molecular formula is C15H18ClN3O4S. The Morgan fingerprint density at radius 1 is 1.33 bits per heavy atom. The van der Waals surface area contributed by atoms with Crippen LogP contribution in [0.4, 0.5) is 0 Å². The summed E-state index contributed by atoms with van der Waals surface area (Å²) in [4.78, 5) is 12.2. The molecule has 1 heterocycles. The van der Waals surface area contributed by atoms with Crippen LogP contribution in [0.5, 0.6) is 0 Å². The van der Waals surface area contributed by atoms with E-state index in [0.29, 0.717) is 28.5 Å². The lowest BCUT2D eigenvalue weighted by molar-refractivity contribution is 0.0952. The predicted molar refractivity (Wildman–Crippen MR) is 89.6 cm³/mol. The van der Waals surface area contributed by atoms with Gasteiger partial charge in [-0.15, -0.1) is 0 Å². The minimum absolute atomic E-state index is 0.0480. The molecule has 0 radical (unpaired) electrons. The Morgan fingerprint density at radius 3 is 2.75 bits per heavy atom. The van der Waals surface area contributed by atoms with Crippen LogP contribution in [0.1, 0.15) is 28.7 Å². The summed E-state index contributed by atoms with van der Waals surface area (Å²) in [5.41, 5.74) is 0.972. The third kappa shape index (κ3) is 4.34. The molecule has 0 fully saturated rings. The van der Waals surface area contributed by atoms with Gasteiger partial charge in [0.1, 0.15) is 11.3 Å². The van der Waals surface area contributed by atoms with Gasteiger partial charge in [0.2, 0.25) is 10.0 Å². The highest BCUT2D eigenvalue weighted by Crippen LogP contribution is 2.15. The first-order chi connectivity index (χ1) is 11.3. The zero-order chi connectivity index (χ0) is 17.7. The smallest absolute Gasteiger partial charge is 0.256 e. The van der Waals surface area contributed by atoms with Crippen molar-refractivity contribution in [3.05, 3.63) is 46.3 Å². The van der Waals surface area contributed by atoms with E-state index < -0.39 is 10.0 Å². The predicted octanol–water partition coefficient (Wildman–Crippen LogP) is 1.91. The topological polar surface area (TPSA) is 101 Å². The Bertz CT molecular complexity index is 833. The van der Waals surface area contributed by atoms with Crippen LogP contribution < -0.4 is 10.0 Å².